The van der Waals surface area contributed by atoms with Crippen LogP contribution in [0, 0.1) is 0 Å². The van der Waals surface area contributed by atoms with Gasteiger partial charge in [0.05, 0.1) is 0 Å². The van der Waals surface area contributed by atoms with Crippen molar-refractivity contribution in [2.45, 2.75) is 25.7 Å². The van der Waals surface area contributed by atoms with E-state index >= 15 is 0 Å². The largest absolute Gasteiger partial charge is 0.349 e. The zero-order valence-electron chi connectivity index (χ0n) is 12.8. The Labute approximate surface area is 125 Å². The number of amides is 1. The molecule has 21 heavy (non-hydrogen) atoms. The fourth-order valence-electron chi connectivity index (χ4n) is 2.80. The SMILES string of the molecule is CCN1CCN(CCNC(=O)c2cc(C3CC3)[nH]n2)CC1. The van der Waals surface area contributed by atoms with Crippen molar-refractivity contribution in [1.82, 2.24) is 25.3 Å². The molecule has 2 heterocycles. The molecule has 0 atom stereocenters. The highest BCUT2D eigenvalue weighted by atomic mass is 16.1. The second-order valence-corrected chi connectivity index (χ2v) is 6.01. The molecule has 2 fully saturated rings. The monoisotopic (exact) mass is 291 g/mol. The molecule has 1 saturated carbocycles. The van der Waals surface area contributed by atoms with E-state index in [0.717, 1.165) is 45.0 Å². The van der Waals surface area contributed by atoms with Crippen LogP contribution in [-0.2, 0) is 0 Å². The van der Waals surface area contributed by atoms with Gasteiger partial charge in [-0.1, -0.05) is 6.92 Å². The summed E-state index contributed by atoms with van der Waals surface area (Å²) in [6.45, 7) is 9.40. The molecular formula is C15H25N5O. The van der Waals surface area contributed by atoms with Gasteiger partial charge >= 0.3 is 0 Å². The lowest BCUT2D eigenvalue weighted by molar-refractivity contribution is 0.0933. The van der Waals surface area contributed by atoms with Gasteiger partial charge in [-0.3, -0.25) is 14.8 Å². The molecule has 1 aliphatic carbocycles. The highest BCUT2D eigenvalue weighted by Crippen LogP contribution is 2.38. The molecule has 1 aromatic heterocycles. The number of carbonyl (C=O) groups is 1. The van der Waals surface area contributed by atoms with E-state index in [4.69, 9.17) is 0 Å². The number of nitrogens with zero attached hydrogens (tertiary/aromatic N) is 3. The third-order valence-corrected chi connectivity index (χ3v) is 4.47. The number of H-pyrrole nitrogens is 1. The molecule has 0 aromatic carbocycles. The first kappa shape index (κ1) is 14.5. The van der Waals surface area contributed by atoms with Gasteiger partial charge in [0.1, 0.15) is 5.69 Å². The number of aromatic amines is 1. The predicted molar refractivity (Wildman–Crippen MR) is 81.4 cm³/mol. The summed E-state index contributed by atoms with van der Waals surface area (Å²) < 4.78 is 0. The normalized spacial score (nSPS) is 20.6. The Balaban J connectivity index is 1.37. The average Bonchev–Trinajstić information content (AvgIpc) is 3.25. The molecule has 0 unspecified atom stereocenters. The fraction of sp³-hybridized carbons (Fsp3) is 0.733. The van der Waals surface area contributed by atoms with Crippen molar-refractivity contribution in [3.8, 4) is 0 Å². The zero-order chi connectivity index (χ0) is 14.7. The number of hydrogen-bond acceptors (Lipinski definition) is 4. The molecule has 1 aliphatic heterocycles. The van der Waals surface area contributed by atoms with Gasteiger partial charge in [0.2, 0.25) is 0 Å². The summed E-state index contributed by atoms with van der Waals surface area (Å²) in [5.74, 6) is 0.541. The van der Waals surface area contributed by atoms with E-state index < -0.39 is 0 Å². The van der Waals surface area contributed by atoms with Crippen molar-refractivity contribution in [2.24, 2.45) is 0 Å². The number of rotatable bonds is 6. The topological polar surface area (TPSA) is 64.3 Å². The van der Waals surface area contributed by atoms with Crippen LogP contribution in [0.3, 0.4) is 0 Å². The molecule has 0 radical (unpaired) electrons. The molecule has 6 heteroatoms. The van der Waals surface area contributed by atoms with Gasteiger partial charge in [0.25, 0.3) is 5.91 Å². The molecule has 1 saturated heterocycles. The van der Waals surface area contributed by atoms with Gasteiger partial charge in [0, 0.05) is 50.9 Å². The van der Waals surface area contributed by atoms with Gasteiger partial charge in [-0.15, -0.1) is 0 Å². The lowest BCUT2D eigenvalue weighted by atomic mass is 10.2. The molecule has 2 aliphatic rings. The lowest BCUT2D eigenvalue weighted by Crippen LogP contribution is -2.48. The first-order valence-corrected chi connectivity index (χ1v) is 8.04. The summed E-state index contributed by atoms with van der Waals surface area (Å²) in [4.78, 5) is 16.9. The highest BCUT2D eigenvalue weighted by Gasteiger charge is 2.26. The Morgan fingerprint density at radius 3 is 2.71 bits per heavy atom. The van der Waals surface area contributed by atoms with E-state index in [-0.39, 0.29) is 5.91 Å². The van der Waals surface area contributed by atoms with Crippen molar-refractivity contribution in [1.29, 1.82) is 0 Å². The third kappa shape index (κ3) is 3.83. The molecule has 3 rings (SSSR count). The second-order valence-electron chi connectivity index (χ2n) is 6.01. The predicted octanol–water partition coefficient (Wildman–Crippen LogP) is 0.654. The van der Waals surface area contributed by atoms with Crippen molar-refractivity contribution < 1.29 is 4.79 Å². The molecule has 6 nitrogen and oxygen atoms in total. The van der Waals surface area contributed by atoms with Crippen molar-refractivity contribution in [3.05, 3.63) is 17.5 Å². The minimum atomic E-state index is -0.0645. The zero-order valence-corrected chi connectivity index (χ0v) is 12.8. The van der Waals surface area contributed by atoms with Crippen LogP contribution in [0.2, 0.25) is 0 Å². The molecule has 1 aromatic rings. The number of carbonyl (C=O) groups excluding carboxylic acids is 1. The standard InChI is InChI=1S/C15H25N5O/c1-2-19-7-9-20(10-8-19)6-5-16-15(21)14-11-13(17-18-14)12-3-4-12/h11-12H,2-10H2,1H3,(H,16,21)(H,17,18). The summed E-state index contributed by atoms with van der Waals surface area (Å²) in [6.07, 6.45) is 2.43. The Hall–Kier alpha value is -1.40. The maximum Gasteiger partial charge on any atom is 0.271 e. The summed E-state index contributed by atoms with van der Waals surface area (Å²) in [6, 6.07) is 1.90. The smallest absolute Gasteiger partial charge is 0.271 e. The Bertz CT molecular complexity index is 474. The summed E-state index contributed by atoms with van der Waals surface area (Å²) in [7, 11) is 0. The van der Waals surface area contributed by atoms with E-state index in [2.05, 4.69) is 32.2 Å². The maximum absolute atomic E-state index is 12.0. The Morgan fingerprint density at radius 1 is 1.33 bits per heavy atom. The van der Waals surface area contributed by atoms with E-state index in [9.17, 15) is 4.79 Å². The molecular weight excluding hydrogens is 266 g/mol. The second kappa shape index (κ2) is 6.58. The van der Waals surface area contributed by atoms with Crippen molar-refractivity contribution >= 4 is 5.91 Å². The quantitative estimate of drug-likeness (QED) is 0.808. The molecule has 0 spiro atoms. The van der Waals surface area contributed by atoms with Crippen LogP contribution in [0.15, 0.2) is 6.07 Å². The van der Waals surface area contributed by atoms with Crippen LogP contribution in [0.5, 0.6) is 0 Å². The lowest BCUT2D eigenvalue weighted by Gasteiger charge is -2.33. The van der Waals surface area contributed by atoms with Crippen LogP contribution in [0.4, 0.5) is 0 Å². The summed E-state index contributed by atoms with van der Waals surface area (Å²) in [5.41, 5.74) is 1.63. The number of nitrogens with one attached hydrogen (secondary N) is 2. The van der Waals surface area contributed by atoms with Gasteiger partial charge in [-0.25, -0.2) is 0 Å². The van der Waals surface area contributed by atoms with Crippen molar-refractivity contribution in [2.75, 3.05) is 45.8 Å². The van der Waals surface area contributed by atoms with Gasteiger partial charge in [0.15, 0.2) is 0 Å². The molecule has 116 valence electrons. The van der Waals surface area contributed by atoms with Crippen LogP contribution >= 0.6 is 0 Å². The van der Waals surface area contributed by atoms with Crippen LogP contribution in [0.1, 0.15) is 41.9 Å². The Kier molecular flexibility index (Phi) is 4.55. The number of likely N-dealkylation sites (N-methyl/N-ethyl adjacent to an activating group) is 1. The molecule has 0 bridgehead atoms. The number of hydrogen-bond donors (Lipinski definition) is 2. The molecule has 2 N–H and O–H groups in total. The van der Waals surface area contributed by atoms with E-state index in [1.54, 1.807) is 0 Å². The minimum absolute atomic E-state index is 0.0645. The fourth-order valence-corrected chi connectivity index (χ4v) is 2.80. The van der Waals surface area contributed by atoms with Gasteiger partial charge < -0.3 is 10.2 Å². The first-order chi connectivity index (χ1) is 10.3. The van der Waals surface area contributed by atoms with Crippen LogP contribution in [-0.4, -0.2) is 71.7 Å². The van der Waals surface area contributed by atoms with Crippen molar-refractivity contribution in [3.63, 3.8) is 0 Å². The first-order valence-electron chi connectivity index (χ1n) is 8.04. The minimum Gasteiger partial charge on any atom is -0.349 e. The summed E-state index contributed by atoms with van der Waals surface area (Å²) in [5, 5.41) is 10.0. The van der Waals surface area contributed by atoms with E-state index in [1.165, 1.54) is 12.8 Å². The number of aromatic nitrogens is 2. The van der Waals surface area contributed by atoms with Gasteiger partial charge in [-0.2, -0.15) is 5.10 Å². The molecule has 1 amide bonds. The summed E-state index contributed by atoms with van der Waals surface area (Å²) >= 11 is 0. The third-order valence-electron chi connectivity index (χ3n) is 4.47. The van der Waals surface area contributed by atoms with Crippen LogP contribution < -0.4 is 5.32 Å². The maximum atomic E-state index is 12.0. The highest BCUT2D eigenvalue weighted by molar-refractivity contribution is 5.92. The van der Waals surface area contributed by atoms with Crippen LogP contribution in [0.25, 0.3) is 0 Å². The van der Waals surface area contributed by atoms with E-state index in [0.29, 0.717) is 18.2 Å². The van der Waals surface area contributed by atoms with Gasteiger partial charge in [-0.05, 0) is 25.5 Å². The average molecular weight is 291 g/mol. The number of piperazine rings is 1. The Morgan fingerprint density at radius 2 is 2.05 bits per heavy atom. The van der Waals surface area contributed by atoms with E-state index in [1.807, 2.05) is 6.07 Å².